The van der Waals surface area contributed by atoms with E-state index in [0.717, 1.165) is 11.3 Å². The molecule has 0 spiro atoms. The minimum absolute atomic E-state index is 0.197. The third-order valence-corrected chi connectivity index (χ3v) is 3.78. The van der Waals surface area contributed by atoms with Crippen LogP contribution in [0.1, 0.15) is 15.9 Å². The van der Waals surface area contributed by atoms with Gasteiger partial charge in [0.1, 0.15) is 17.2 Å². The summed E-state index contributed by atoms with van der Waals surface area (Å²) in [4.78, 5) is 12.4. The Morgan fingerprint density at radius 1 is 0.875 bits per heavy atom. The van der Waals surface area contributed by atoms with E-state index in [9.17, 15) is 4.79 Å². The van der Waals surface area contributed by atoms with Crippen molar-refractivity contribution in [3.05, 3.63) is 77.9 Å². The zero-order valence-electron chi connectivity index (χ0n) is 13.1. The van der Waals surface area contributed by atoms with E-state index in [1.165, 1.54) is 0 Å². The molecule has 4 nitrogen and oxygen atoms in total. The Labute approximate surface area is 139 Å². The predicted octanol–water partition coefficient (Wildman–Crippen LogP) is 5.15. The maximum Gasteiger partial charge on any atom is 0.259 e. The van der Waals surface area contributed by atoms with Gasteiger partial charge in [0.05, 0.1) is 11.3 Å². The molecule has 1 amide bonds. The minimum atomic E-state index is -0.197. The van der Waals surface area contributed by atoms with Crippen LogP contribution in [0.25, 0.3) is 0 Å². The fraction of sp³-hybridized carbons (Fsp3) is 0.0500. The maximum absolute atomic E-state index is 12.4. The molecule has 1 aliphatic heterocycles. The number of fused-ring (bicyclic) bond motifs is 2. The number of aryl methyl sites for hydroxylation is 1. The molecule has 0 unspecified atom stereocenters. The van der Waals surface area contributed by atoms with Gasteiger partial charge in [-0.15, -0.1) is 0 Å². The van der Waals surface area contributed by atoms with E-state index in [0.29, 0.717) is 28.5 Å². The van der Waals surface area contributed by atoms with E-state index in [1.54, 1.807) is 18.2 Å². The molecule has 0 fully saturated rings. The highest BCUT2D eigenvalue weighted by Gasteiger charge is 2.21. The highest BCUT2D eigenvalue weighted by atomic mass is 16.5. The molecule has 1 aliphatic rings. The predicted molar refractivity (Wildman–Crippen MR) is 92.2 cm³/mol. The number of hydrogen-bond donors (Lipinski definition) is 1. The van der Waals surface area contributed by atoms with Crippen LogP contribution in [0, 0.1) is 6.92 Å². The summed E-state index contributed by atoms with van der Waals surface area (Å²) in [7, 11) is 0. The van der Waals surface area contributed by atoms with E-state index in [4.69, 9.17) is 9.47 Å². The molecule has 0 bridgehead atoms. The monoisotopic (exact) mass is 317 g/mol. The lowest BCUT2D eigenvalue weighted by Gasteiger charge is -2.10. The lowest BCUT2D eigenvalue weighted by Crippen LogP contribution is -2.10. The number of carbonyl (C=O) groups is 1. The van der Waals surface area contributed by atoms with Crippen LogP contribution in [0.4, 0.5) is 5.69 Å². The number of ether oxygens (including phenoxy) is 2. The highest BCUT2D eigenvalue weighted by Crippen LogP contribution is 2.37. The fourth-order valence-corrected chi connectivity index (χ4v) is 2.62. The molecule has 118 valence electrons. The van der Waals surface area contributed by atoms with Crippen LogP contribution in [-0.2, 0) is 0 Å². The fourth-order valence-electron chi connectivity index (χ4n) is 2.62. The lowest BCUT2D eigenvalue weighted by atomic mass is 10.1. The van der Waals surface area contributed by atoms with Crippen LogP contribution in [0.2, 0.25) is 0 Å². The second-order valence-corrected chi connectivity index (χ2v) is 5.63. The van der Waals surface area contributed by atoms with Crippen LogP contribution < -0.4 is 14.8 Å². The van der Waals surface area contributed by atoms with Gasteiger partial charge in [0.2, 0.25) is 0 Å². The second-order valence-electron chi connectivity index (χ2n) is 5.63. The lowest BCUT2D eigenvalue weighted by molar-refractivity contribution is 0.102. The topological polar surface area (TPSA) is 47.6 Å². The average molecular weight is 317 g/mol. The Morgan fingerprint density at radius 2 is 1.71 bits per heavy atom. The number of rotatable bonds is 2. The van der Waals surface area contributed by atoms with Gasteiger partial charge in [-0.05, 0) is 48.9 Å². The summed E-state index contributed by atoms with van der Waals surface area (Å²) >= 11 is 0. The van der Waals surface area contributed by atoms with Crippen molar-refractivity contribution >= 4 is 11.6 Å². The van der Waals surface area contributed by atoms with Crippen molar-refractivity contribution in [2.45, 2.75) is 6.92 Å². The summed E-state index contributed by atoms with van der Waals surface area (Å²) in [6.07, 6.45) is 0. The largest absolute Gasteiger partial charge is 0.457 e. The third kappa shape index (κ3) is 2.70. The third-order valence-electron chi connectivity index (χ3n) is 3.78. The molecule has 1 heterocycles. The molecule has 0 aromatic heterocycles. The summed E-state index contributed by atoms with van der Waals surface area (Å²) in [6, 6.07) is 20.3. The van der Waals surface area contributed by atoms with Crippen molar-refractivity contribution < 1.29 is 14.3 Å². The standard InChI is InChI=1S/C20H15NO3/c1-13-5-4-6-14(11-13)23-15-9-10-16-19(12-15)24-18-8-3-2-7-17(18)21-20(16)22/h2-12H,1H3,(H,21,22). The van der Waals surface area contributed by atoms with Gasteiger partial charge in [-0.1, -0.05) is 24.3 Å². The SMILES string of the molecule is Cc1cccc(Oc2ccc3c(c2)Oc2ccccc2NC3=O)c1. The van der Waals surface area contributed by atoms with Gasteiger partial charge in [-0.25, -0.2) is 0 Å². The number of amides is 1. The van der Waals surface area contributed by atoms with Gasteiger partial charge in [0.25, 0.3) is 5.91 Å². The van der Waals surface area contributed by atoms with E-state index in [1.807, 2.05) is 55.5 Å². The summed E-state index contributed by atoms with van der Waals surface area (Å²) in [5, 5.41) is 2.85. The average Bonchev–Trinajstić information content (AvgIpc) is 2.70. The first-order valence-electron chi connectivity index (χ1n) is 7.66. The zero-order valence-corrected chi connectivity index (χ0v) is 13.1. The molecule has 0 aliphatic carbocycles. The van der Waals surface area contributed by atoms with Gasteiger partial charge in [-0.3, -0.25) is 4.79 Å². The van der Waals surface area contributed by atoms with E-state index >= 15 is 0 Å². The molecule has 24 heavy (non-hydrogen) atoms. The van der Waals surface area contributed by atoms with Crippen molar-refractivity contribution in [1.29, 1.82) is 0 Å². The molecular weight excluding hydrogens is 302 g/mol. The van der Waals surface area contributed by atoms with Crippen LogP contribution in [0.5, 0.6) is 23.0 Å². The van der Waals surface area contributed by atoms with E-state index in [-0.39, 0.29) is 5.91 Å². The van der Waals surface area contributed by atoms with Gasteiger partial charge in [0.15, 0.2) is 5.75 Å². The van der Waals surface area contributed by atoms with Crippen LogP contribution in [0.15, 0.2) is 66.7 Å². The number of hydrogen-bond acceptors (Lipinski definition) is 3. The number of carbonyl (C=O) groups excluding carboxylic acids is 1. The first-order chi connectivity index (χ1) is 11.7. The Hall–Kier alpha value is -3.27. The molecule has 4 heteroatoms. The van der Waals surface area contributed by atoms with Crippen molar-refractivity contribution in [3.8, 4) is 23.0 Å². The molecular formula is C20H15NO3. The summed E-state index contributed by atoms with van der Waals surface area (Å²) < 4.78 is 11.8. The summed E-state index contributed by atoms with van der Waals surface area (Å²) in [5.41, 5.74) is 2.24. The smallest absolute Gasteiger partial charge is 0.259 e. The normalized spacial score (nSPS) is 12.3. The Kier molecular flexibility index (Phi) is 3.43. The molecule has 0 radical (unpaired) electrons. The number of nitrogens with one attached hydrogen (secondary N) is 1. The van der Waals surface area contributed by atoms with Crippen molar-refractivity contribution in [2.75, 3.05) is 5.32 Å². The van der Waals surface area contributed by atoms with Crippen LogP contribution >= 0.6 is 0 Å². The first-order valence-corrected chi connectivity index (χ1v) is 7.66. The van der Waals surface area contributed by atoms with Gasteiger partial charge in [-0.2, -0.15) is 0 Å². The number of para-hydroxylation sites is 2. The molecule has 3 aromatic carbocycles. The van der Waals surface area contributed by atoms with Crippen LogP contribution in [0.3, 0.4) is 0 Å². The van der Waals surface area contributed by atoms with Gasteiger partial charge in [0, 0.05) is 6.07 Å². The zero-order chi connectivity index (χ0) is 16.5. The Bertz CT molecular complexity index is 934. The minimum Gasteiger partial charge on any atom is -0.457 e. The Balaban J connectivity index is 1.70. The quantitative estimate of drug-likeness (QED) is 0.711. The number of benzene rings is 3. The summed E-state index contributed by atoms with van der Waals surface area (Å²) in [6.45, 7) is 2.01. The van der Waals surface area contributed by atoms with E-state index in [2.05, 4.69) is 5.32 Å². The molecule has 0 atom stereocenters. The van der Waals surface area contributed by atoms with Crippen molar-refractivity contribution in [2.24, 2.45) is 0 Å². The molecule has 4 rings (SSSR count). The Morgan fingerprint density at radius 3 is 2.58 bits per heavy atom. The van der Waals surface area contributed by atoms with E-state index < -0.39 is 0 Å². The molecule has 3 aromatic rings. The number of anilines is 1. The van der Waals surface area contributed by atoms with Crippen molar-refractivity contribution in [3.63, 3.8) is 0 Å². The highest BCUT2D eigenvalue weighted by molar-refractivity contribution is 6.08. The first kappa shape index (κ1) is 14.3. The summed E-state index contributed by atoms with van der Waals surface area (Å²) in [5.74, 6) is 2.25. The molecule has 0 saturated carbocycles. The van der Waals surface area contributed by atoms with Gasteiger partial charge >= 0.3 is 0 Å². The van der Waals surface area contributed by atoms with Crippen LogP contribution in [-0.4, -0.2) is 5.91 Å². The molecule has 1 N–H and O–H groups in total. The van der Waals surface area contributed by atoms with Gasteiger partial charge < -0.3 is 14.8 Å². The maximum atomic E-state index is 12.4. The van der Waals surface area contributed by atoms with Crippen molar-refractivity contribution in [1.82, 2.24) is 0 Å². The second kappa shape index (κ2) is 5.74. The molecule has 0 saturated heterocycles.